The Morgan fingerprint density at radius 3 is 2.51 bits per heavy atom. The number of halogens is 2. The van der Waals surface area contributed by atoms with Crippen LogP contribution in [0.3, 0.4) is 0 Å². The molecule has 5 rings (SSSR count). The van der Waals surface area contributed by atoms with Gasteiger partial charge in [0.15, 0.2) is 11.0 Å². The van der Waals surface area contributed by atoms with Gasteiger partial charge in [-0.1, -0.05) is 82.6 Å². The van der Waals surface area contributed by atoms with Crippen LogP contribution in [0.1, 0.15) is 17.3 Å². The summed E-state index contributed by atoms with van der Waals surface area (Å²) >= 11 is 13.5. The van der Waals surface area contributed by atoms with Gasteiger partial charge in [0.2, 0.25) is 11.7 Å². The van der Waals surface area contributed by atoms with Gasteiger partial charge < -0.3 is 9.26 Å². The van der Waals surface area contributed by atoms with Gasteiger partial charge in [0.25, 0.3) is 0 Å². The zero-order valence-electron chi connectivity index (χ0n) is 18.3. The van der Waals surface area contributed by atoms with Crippen LogP contribution in [-0.2, 0) is 18.9 Å². The third-order valence-electron chi connectivity index (χ3n) is 5.03. The normalized spacial score (nSPS) is 11.0. The fourth-order valence-corrected chi connectivity index (χ4v) is 4.43. The van der Waals surface area contributed by atoms with Crippen molar-refractivity contribution in [1.29, 1.82) is 0 Å². The van der Waals surface area contributed by atoms with Crippen LogP contribution in [-0.4, -0.2) is 24.9 Å². The Labute approximate surface area is 216 Å². The maximum Gasteiger partial charge on any atom is 0.237 e. The standard InChI is InChI=1S/C25H19Cl2N5O2S/c26-19-9-11-21(12-10-19)33-15-22-29-30-25(32(22)14-17-5-2-1-3-6-17)35-16-23-28-24(31-34-23)18-7-4-8-20(27)13-18/h1-13H,14-16H2. The van der Waals surface area contributed by atoms with E-state index in [1.807, 2.05) is 47.0 Å². The summed E-state index contributed by atoms with van der Waals surface area (Å²) in [5, 5.41) is 14.9. The average molecular weight is 524 g/mol. The van der Waals surface area contributed by atoms with Crippen molar-refractivity contribution in [2.45, 2.75) is 24.1 Å². The lowest BCUT2D eigenvalue weighted by Crippen LogP contribution is -2.09. The van der Waals surface area contributed by atoms with Gasteiger partial charge in [-0.15, -0.1) is 10.2 Å². The molecule has 3 aromatic carbocycles. The number of rotatable bonds is 9. The summed E-state index contributed by atoms with van der Waals surface area (Å²) in [5.41, 5.74) is 1.93. The summed E-state index contributed by atoms with van der Waals surface area (Å²) in [5.74, 6) is 2.83. The Kier molecular flexibility index (Phi) is 7.32. The summed E-state index contributed by atoms with van der Waals surface area (Å²) in [6.07, 6.45) is 0. The lowest BCUT2D eigenvalue weighted by Gasteiger charge is -2.11. The van der Waals surface area contributed by atoms with Gasteiger partial charge in [-0.3, -0.25) is 4.57 Å². The topological polar surface area (TPSA) is 78.9 Å². The Balaban J connectivity index is 1.32. The molecule has 176 valence electrons. The van der Waals surface area contributed by atoms with E-state index >= 15 is 0 Å². The first-order chi connectivity index (χ1) is 17.1. The zero-order chi connectivity index (χ0) is 24.0. The Morgan fingerprint density at radius 2 is 1.71 bits per heavy atom. The molecule has 0 saturated carbocycles. The van der Waals surface area contributed by atoms with Gasteiger partial charge >= 0.3 is 0 Å². The van der Waals surface area contributed by atoms with Crippen LogP contribution in [0.25, 0.3) is 11.4 Å². The van der Waals surface area contributed by atoms with Crippen LogP contribution in [0.5, 0.6) is 5.75 Å². The van der Waals surface area contributed by atoms with Gasteiger partial charge in [-0.25, -0.2) is 0 Å². The Bertz CT molecular complexity index is 1410. The van der Waals surface area contributed by atoms with Gasteiger partial charge in [0.1, 0.15) is 12.4 Å². The molecule has 0 aliphatic heterocycles. The molecule has 0 unspecified atom stereocenters. The van der Waals surface area contributed by atoms with Crippen molar-refractivity contribution >= 4 is 35.0 Å². The second kappa shape index (κ2) is 10.9. The highest BCUT2D eigenvalue weighted by molar-refractivity contribution is 7.98. The van der Waals surface area contributed by atoms with E-state index in [0.29, 0.717) is 45.6 Å². The molecule has 0 saturated heterocycles. The molecule has 0 spiro atoms. The van der Waals surface area contributed by atoms with Crippen molar-refractivity contribution in [1.82, 2.24) is 24.9 Å². The van der Waals surface area contributed by atoms with Gasteiger partial charge in [-0.2, -0.15) is 4.98 Å². The minimum Gasteiger partial charge on any atom is -0.486 e. The number of nitrogens with zero attached hydrogens (tertiary/aromatic N) is 5. The summed E-state index contributed by atoms with van der Waals surface area (Å²) < 4.78 is 13.4. The van der Waals surface area contributed by atoms with E-state index in [1.165, 1.54) is 11.8 Å². The van der Waals surface area contributed by atoms with E-state index in [4.69, 9.17) is 32.5 Å². The molecule has 0 radical (unpaired) electrons. The number of hydrogen-bond acceptors (Lipinski definition) is 7. The first kappa shape index (κ1) is 23.4. The molecule has 0 amide bonds. The largest absolute Gasteiger partial charge is 0.486 e. The van der Waals surface area contributed by atoms with E-state index in [1.54, 1.807) is 24.3 Å². The molecule has 10 heteroatoms. The predicted octanol–water partition coefficient (Wildman–Crippen LogP) is 6.55. The minimum atomic E-state index is 0.265. The van der Waals surface area contributed by atoms with Crippen LogP contribution in [0.2, 0.25) is 10.0 Å². The summed E-state index contributed by atoms with van der Waals surface area (Å²) in [4.78, 5) is 4.49. The molecule has 0 N–H and O–H groups in total. The van der Waals surface area contributed by atoms with Crippen LogP contribution >= 0.6 is 35.0 Å². The van der Waals surface area contributed by atoms with Gasteiger partial charge in [-0.05, 0) is 42.0 Å². The predicted molar refractivity (Wildman–Crippen MR) is 136 cm³/mol. The molecule has 0 bridgehead atoms. The lowest BCUT2D eigenvalue weighted by molar-refractivity contribution is 0.289. The minimum absolute atomic E-state index is 0.265. The number of aromatic nitrogens is 5. The third-order valence-corrected chi connectivity index (χ3v) is 6.47. The summed E-state index contributed by atoms with van der Waals surface area (Å²) in [7, 11) is 0. The maximum absolute atomic E-state index is 6.08. The van der Waals surface area contributed by atoms with E-state index in [-0.39, 0.29) is 6.61 Å². The molecule has 35 heavy (non-hydrogen) atoms. The van der Waals surface area contributed by atoms with E-state index < -0.39 is 0 Å². The van der Waals surface area contributed by atoms with Crippen molar-refractivity contribution in [3.05, 3.63) is 106 Å². The maximum atomic E-state index is 6.08. The van der Waals surface area contributed by atoms with E-state index in [0.717, 1.165) is 16.3 Å². The highest BCUT2D eigenvalue weighted by Crippen LogP contribution is 2.26. The second-order valence-corrected chi connectivity index (χ2v) is 9.34. The smallest absolute Gasteiger partial charge is 0.237 e. The summed E-state index contributed by atoms with van der Waals surface area (Å²) in [6.45, 7) is 0.870. The fraction of sp³-hybridized carbons (Fsp3) is 0.120. The highest BCUT2D eigenvalue weighted by atomic mass is 35.5. The Morgan fingerprint density at radius 1 is 0.886 bits per heavy atom. The van der Waals surface area contributed by atoms with E-state index in [9.17, 15) is 0 Å². The van der Waals surface area contributed by atoms with Crippen LogP contribution in [0.4, 0.5) is 0 Å². The van der Waals surface area contributed by atoms with Gasteiger partial charge in [0.05, 0.1) is 12.3 Å². The molecule has 7 nitrogen and oxygen atoms in total. The van der Waals surface area contributed by atoms with Crippen molar-refractivity contribution in [2.24, 2.45) is 0 Å². The molecular weight excluding hydrogens is 505 g/mol. The van der Waals surface area contributed by atoms with Crippen molar-refractivity contribution < 1.29 is 9.26 Å². The zero-order valence-corrected chi connectivity index (χ0v) is 20.7. The molecular formula is C25H19Cl2N5O2S. The van der Waals surface area contributed by atoms with Gasteiger partial charge in [0, 0.05) is 15.6 Å². The quantitative estimate of drug-likeness (QED) is 0.202. The SMILES string of the molecule is Clc1ccc(OCc2nnc(SCc3nc(-c4cccc(Cl)c4)no3)n2Cc2ccccc2)cc1. The molecule has 0 aliphatic carbocycles. The number of benzene rings is 3. The second-order valence-electron chi connectivity index (χ2n) is 7.52. The van der Waals surface area contributed by atoms with Crippen LogP contribution < -0.4 is 4.74 Å². The molecule has 2 aromatic heterocycles. The molecule has 2 heterocycles. The average Bonchev–Trinajstić information content (AvgIpc) is 3.50. The van der Waals surface area contributed by atoms with Crippen LogP contribution in [0.15, 0.2) is 88.5 Å². The summed E-state index contributed by atoms with van der Waals surface area (Å²) in [6, 6.07) is 24.7. The third kappa shape index (κ3) is 6.03. The number of thioether (sulfide) groups is 1. The van der Waals surface area contributed by atoms with Crippen molar-refractivity contribution in [2.75, 3.05) is 0 Å². The number of ether oxygens (including phenoxy) is 1. The van der Waals surface area contributed by atoms with E-state index in [2.05, 4.69) is 32.5 Å². The lowest BCUT2D eigenvalue weighted by atomic mass is 10.2. The van der Waals surface area contributed by atoms with Crippen molar-refractivity contribution in [3.8, 4) is 17.1 Å². The molecule has 0 aliphatic rings. The monoisotopic (exact) mass is 523 g/mol. The van der Waals surface area contributed by atoms with Crippen molar-refractivity contribution in [3.63, 3.8) is 0 Å². The molecule has 0 atom stereocenters. The first-order valence-electron chi connectivity index (χ1n) is 10.7. The Hall–Kier alpha value is -3.33. The molecule has 5 aromatic rings. The molecule has 0 fully saturated rings. The highest BCUT2D eigenvalue weighted by Gasteiger charge is 2.16. The number of hydrogen-bond donors (Lipinski definition) is 0. The van der Waals surface area contributed by atoms with Crippen LogP contribution in [0, 0.1) is 0 Å². The first-order valence-corrected chi connectivity index (χ1v) is 12.4. The fourth-order valence-electron chi connectivity index (χ4n) is 3.32.